The fourth-order valence-corrected chi connectivity index (χ4v) is 5.07. The fraction of sp³-hybridized carbons (Fsp3) is 0.304. The van der Waals surface area contributed by atoms with Gasteiger partial charge in [-0.3, -0.25) is 4.79 Å². The molecule has 1 saturated heterocycles. The van der Waals surface area contributed by atoms with E-state index in [4.69, 9.17) is 54.9 Å². The number of hydrogen-bond donors (Lipinski definition) is 3. The van der Waals surface area contributed by atoms with Gasteiger partial charge in [-0.05, 0) is 35.8 Å². The van der Waals surface area contributed by atoms with Gasteiger partial charge >= 0.3 is 0 Å². The number of nitrogens with one attached hydrogen (secondary N) is 1. The number of carbonyl (C=O) groups is 1. The van der Waals surface area contributed by atoms with Crippen molar-refractivity contribution in [3.63, 3.8) is 0 Å². The Balaban J connectivity index is 1.71. The van der Waals surface area contributed by atoms with Crippen LogP contribution in [-0.4, -0.2) is 108 Å². The number of rotatable bonds is 3. The van der Waals surface area contributed by atoms with Gasteiger partial charge in [-0.2, -0.15) is 10.4 Å². The zero-order valence-electron chi connectivity index (χ0n) is 21.1. The molecule has 4 heterocycles. The number of carbonyl (C=O) groups excluding carboxylic acids is 1. The molecular formula is C23H14B7FN6O3. The minimum atomic E-state index is -2.90. The zero-order chi connectivity index (χ0) is 29.6. The van der Waals surface area contributed by atoms with Gasteiger partial charge in [0.15, 0.2) is 0 Å². The monoisotopic (exact) mass is 518 g/mol. The largest absolute Gasteiger partial charge is 0.398 e. The maximum absolute atomic E-state index is 14.9. The molecule has 2 aliphatic rings. The second kappa shape index (κ2) is 8.57. The van der Waals surface area contributed by atoms with E-state index >= 15 is 0 Å². The molecule has 0 bridgehead atoms. The zero-order valence-corrected chi connectivity index (χ0v) is 21.1. The van der Waals surface area contributed by atoms with Gasteiger partial charge in [-0.25, -0.2) is 14.1 Å². The average Bonchev–Trinajstić information content (AvgIpc) is 3.49. The predicted molar refractivity (Wildman–Crippen MR) is 149 cm³/mol. The maximum Gasteiger partial charge on any atom is 0.255 e. The predicted octanol–water partition coefficient (Wildman–Crippen LogP) is -1.95. The Morgan fingerprint density at radius 3 is 2.40 bits per heavy atom. The summed E-state index contributed by atoms with van der Waals surface area (Å²) in [6, 6.07) is 8.62. The Morgan fingerprint density at radius 1 is 1.07 bits per heavy atom. The van der Waals surface area contributed by atoms with Crippen molar-refractivity contribution < 1.29 is 19.4 Å². The van der Waals surface area contributed by atoms with Crippen molar-refractivity contribution in [2.75, 3.05) is 4.90 Å². The Hall–Kier alpha value is -3.36. The summed E-state index contributed by atoms with van der Waals surface area (Å²) in [5.74, 6) is -1.37. The van der Waals surface area contributed by atoms with Crippen LogP contribution in [0.1, 0.15) is 28.5 Å². The van der Waals surface area contributed by atoms with E-state index < -0.39 is 38.7 Å². The molecule has 3 N–H and O–H groups in total. The van der Waals surface area contributed by atoms with Gasteiger partial charge in [0.25, 0.3) is 5.91 Å². The van der Waals surface area contributed by atoms with Gasteiger partial charge < -0.3 is 20.4 Å². The summed E-state index contributed by atoms with van der Waals surface area (Å²) in [5, 5.41) is 31.0. The topological polar surface area (TPSA) is 127 Å². The number of piperidine rings is 1. The molecule has 1 amide bonds. The minimum absolute atomic E-state index is 0.0241. The van der Waals surface area contributed by atoms with Gasteiger partial charge in [-0.1, -0.05) is 11.3 Å². The number of hydrogen-bond acceptors (Lipinski definition) is 7. The SMILES string of the molecule is [B]C1([B])N(c2ccn(-c3cc(-c4c(F)cccc4C#N)nc4c3C(=O)NC4)n2)C([B])([B])[C@](C)(O)C([B])(O)C1([B])[B]. The lowest BCUT2D eigenvalue weighted by molar-refractivity contribution is -0.129. The summed E-state index contributed by atoms with van der Waals surface area (Å²) in [7, 11) is 43.1. The van der Waals surface area contributed by atoms with Crippen LogP contribution in [0, 0.1) is 17.1 Å². The number of nitriles is 1. The molecule has 17 heteroatoms. The third-order valence-electron chi connectivity index (χ3n) is 7.71. The highest BCUT2D eigenvalue weighted by Crippen LogP contribution is 2.56. The molecule has 3 aromatic rings. The van der Waals surface area contributed by atoms with E-state index in [1.54, 1.807) is 0 Å². The molecule has 1 unspecified atom stereocenters. The first-order chi connectivity index (χ1) is 18.4. The van der Waals surface area contributed by atoms with E-state index in [2.05, 4.69) is 15.4 Å². The third-order valence-corrected chi connectivity index (χ3v) is 7.71. The number of amides is 1. The fourth-order valence-electron chi connectivity index (χ4n) is 5.07. The Labute approximate surface area is 238 Å². The summed E-state index contributed by atoms with van der Waals surface area (Å²) in [6.07, 6.45) is 1.37. The first-order valence-electron chi connectivity index (χ1n) is 11.8. The lowest BCUT2D eigenvalue weighted by Gasteiger charge is -2.75. The number of fused-ring (bicyclic) bond motifs is 1. The van der Waals surface area contributed by atoms with E-state index in [1.165, 1.54) is 41.2 Å². The normalized spacial score (nSPS) is 26.1. The number of benzene rings is 1. The first-order valence-corrected chi connectivity index (χ1v) is 11.8. The van der Waals surface area contributed by atoms with Crippen LogP contribution in [-0.2, 0) is 6.54 Å². The van der Waals surface area contributed by atoms with E-state index in [0.717, 1.165) is 11.8 Å². The molecule has 40 heavy (non-hydrogen) atoms. The van der Waals surface area contributed by atoms with Crippen LogP contribution in [0.4, 0.5) is 10.2 Å². The molecule has 0 aliphatic carbocycles. The first kappa shape index (κ1) is 28.2. The molecular weight excluding hydrogens is 503 g/mol. The average molecular weight is 517 g/mol. The summed E-state index contributed by atoms with van der Waals surface area (Å²) < 4.78 is 16.1. The van der Waals surface area contributed by atoms with Crippen LogP contribution in [0.25, 0.3) is 16.9 Å². The number of aliphatic hydroxyl groups is 2. The van der Waals surface area contributed by atoms with Crippen molar-refractivity contribution in [3.8, 4) is 23.0 Å². The highest BCUT2D eigenvalue weighted by Gasteiger charge is 2.68. The molecule has 2 aliphatic heterocycles. The van der Waals surface area contributed by atoms with E-state index in [0.29, 0.717) is 0 Å². The van der Waals surface area contributed by atoms with E-state index in [-0.39, 0.29) is 46.1 Å². The second-order valence-corrected chi connectivity index (χ2v) is 10.1. The Bertz CT molecular complexity index is 1590. The highest BCUT2D eigenvalue weighted by atomic mass is 19.1. The van der Waals surface area contributed by atoms with Gasteiger partial charge in [0.05, 0.1) is 99.1 Å². The lowest BCUT2D eigenvalue weighted by Crippen LogP contribution is -2.89. The van der Waals surface area contributed by atoms with E-state index in [1.807, 2.05) is 6.07 Å². The van der Waals surface area contributed by atoms with Crippen LogP contribution in [0.2, 0.25) is 5.21 Å². The molecule has 1 aromatic carbocycles. The summed E-state index contributed by atoms with van der Waals surface area (Å²) >= 11 is 0. The van der Waals surface area contributed by atoms with Gasteiger partial charge in [0.2, 0.25) is 0 Å². The second-order valence-electron chi connectivity index (χ2n) is 10.1. The van der Waals surface area contributed by atoms with Crippen LogP contribution in [0.15, 0.2) is 36.5 Å². The molecule has 2 atom stereocenters. The summed E-state index contributed by atoms with van der Waals surface area (Å²) in [6.45, 7) is 1.03. The summed E-state index contributed by atoms with van der Waals surface area (Å²) in [5.41, 5.74) is -4.97. The van der Waals surface area contributed by atoms with E-state index in [9.17, 15) is 24.7 Å². The molecule has 1 fully saturated rings. The maximum atomic E-state index is 14.9. The number of anilines is 1. The minimum Gasteiger partial charge on any atom is -0.398 e. The molecule has 5 rings (SSSR count). The third kappa shape index (κ3) is 3.45. The van der Waals surface area contributed by atoms with Crippen molar-refractivity contribution in [2.24, 2.45) is 0 Å². The molecule has 2 aromatic heterocycles. The van der Waals surface area contributed by atoms with Gasteiger partial charge in [0, 0.05) is 17.8 Å². The number of pyridine rings is 1. The Morgan fingerprint density at radius 2 is 1.75 bits per heavy atom. The standard InChI is InChI=1S/C23H14B7FN6O3/c1-19(39)21(26,40)20(24,25)23(29,30)37(22(19,27)28)15-5-6-36(35-15)14-7-12(34-13-9-33-18(38)17(13)14)16-10(8-32)3-2-4-11(16)31/h2-7,39-40H,9H2,1H3,(H,33,38)/t19-,21?/m1/s1. The van der Waals surface area contributed by atoms with Crippen molar-refractivity contribution in [1.82, 2.24) is 20.1 Å². The van der Waals surface area contributed by atoms with Gasteiger partial charge in [-0.15, -0.1) is 0 Å². The molecule has 14 radical (unpaired) electrons. The number of halogens is 1. The Kier molecular flexibility index (Phi) is 6.04. The molecule has 9 nitrogen and oxygen atoms in total. The van der Waals surface area contributed by atoms with Crippen molar-refractivity contribution in [3.05, 3.63) is 59.2 Å². The van der Waals surface area contributed by atoms with Crippen LogP contribution < -0.4 is 10.2 Å². The van der Waals surface area contributed by atoms with Crippen molar-refractivity contribution in [1.29, 1.82) is 5.26 Å². The van der Waals surface area contributed by atoms with Crippen molar-refractivity contribution >= 4 is 66.6 Å². The van der Waals surface area contributed by atoms with Crippen LogP contribution in [0.3, 0.4) is 0 Å². The summed E-state index contributed by atoms with van der Waals surface area (Å²) in [4.78, 5) is 17.9. The number of nitrogens with zero attached hydrogens (tertiary/aromatic N) is 5. The molecule has 0 spiro atoms. The molecule has 0 saturated carbocycles. The van der Waals surface area contributed by atoms with Gasteiger partial charge in [0.1, 0.15) is 19.5 Å². The van der Waals surface area contributed by atoms with Crippen LogP contribution in [0.5, 0.6) is 0 Å². The van der Waals surface area contributed by atoms with Crippen molar-refractivity contribution in [2.45, 2.75) is 40.5 Å². The quantitative estimate of drug-likeness (QED) is 0.345. The molecule has 182 valence electrons. The van der Waals surface area contributed by atoms with Crippen LogP contribution >= 0.6 is 0 Å². The highest BCUT2D eigenvalue weighted by molar-refractivity contribution is 6.60. The smallest absolute Gasteiger partial charge is 0.255 e. The lowest BCUT2D eigenvalue weighted by atomic mass is 9.19. The number of aromatic nitrogens is 3.